The second-order valence-corrected chi connectivity index (χ2v) is 12.3. The molecule has 0 bridgehead atoms. The number of hydrazone groups is 1. The van der Waals surface area contributed by atoms with Crippen LogP contribution in [0.15, 0.2) is 93.9 Å². The van der Waals surface area contributed by atoms with Gasteiger partial charge in [-0.2, -0.15) is 5.10 Å². The van der Waals surface area contributed by atoms with Crippen molar-refractivity contribution >= 4 is 47.5 Å². The van der Waals surface area contributed by atoms with Crippen molar-refractivity contribution in [1.82, 2.24) is 24.7 Å². The third-order valence-electron chi connectivity index (χ3n) is 6.46. The molecule has 3 aromatic rings. The third-order valence-corrected chi connectivity index (χ3v) is 8.53. The van der Waals surface area contributed by atoms with E-state index >= 15 is 0 Å². The van der Waals surface area contributed by atoms with Gasteiger partial charge in [0.15, 0.2) is 0 Å². The van der Waals surface area contributed by atoms with Gasteiger partial charge in [0.25, 0.3) is 0 Å². The molecular weight excluding hydrogens is 625 g/mol. The van der Waals surface area contributed by atoms with Crippen LogP contribution in [0.5, 0.6) is 0 Å². The molecule has 1 unspecified atom stereocenters. The van der Waals surface area contributed by atoms with Crippen molar-refractivity contribution in [1.29, 1.82) is 0 Å². The van der Waals surface area contributed by atoms with Gasteiger partial charge >= 0.3 is 0 Å². The Labute approximate surface area is 283 Å². The van der Waals surface area contributed by atoms with Crippen molar-refractivity contribution in [3.05, 3.63) is 101 Å². The van der Waals surface area contributed by atoms with Gasteiger partial charge in [0.2, 0.25) is 0 Å². The molecular formula is C34H49ClFN7S2. The number of benzene rings is 3. The lowest BCUT2D eigenvalue weighted by molar-refractivity contribution is 0.381. The maximum absolute atomic E-state index is 13.0. The van der Waals surface area contributed by atoms with Crippen molar-refractivity contribution in [2.75, 3.05) is 65.7 Å². The van der Waals surface area contributed by atoms with Gasteiger partial charge in [0.1, 0.15) is 5.82 Å². The largest absolute Gasteiger partial charge is 0.320 e. The Bertz CT molecular complexity index is 1220. The number of hydrogen-bond acceptors (Lipinski definition) is 8. The average molecular weight is 674 g/mol. The molecule has 1 atom stereocenters. The second kappa shape index (κ2) is 23.7. The van der Waals surface area contributed by atoms with E-state index in [1.165, 1.54) is 29.6 Å². The van der Waals surface area contributed by atoms with E-state index in [0.29, 0.717) is 0 Å². The van der Waals surface area contributed by atoms with E-state index in [1.807, 2.05) is 87.4 Å². The van der Waals surface area contributed by atoms with E-state index < -0.39 is 0 Å². The number of likely N-dealkylation sites (N-methyl/N-ethyl adjacent to an activating group) is 1. The van der Waals surface area contributed by atoms with Crippen LogP contribution in [0.2, 0.25) is 5.02 Å². The van der Waals surface area contributed by atoms with Crippen molar-refractivity contribution in [3.63, 3.8) is 0 Å². The van der Waals surface area contributed by atoms with E-state index in [2.05, 4.69) is 48.8 Å². The first-order valence-electron chi connectivity index (χ1n) is 15.5. The summed E-state index contributed by atoms with van der Waals surface area (Å²) in [5, 5.41) is 13.5. The lowest BCUT2D eigenvalue weighted by Gasteiger charge is -2.25. The molecule has 2 heterocycles. The number of rotatable bonds is 10. The van der Waals surface area contributed by atoms with Gasteiger partial charge in [-0.3, -0.25) is 10.0 Å². The molecule has 1 fully saturated rings. The first-order chi connectivity index (χ1) is 22.0. The molecule has 11 heteroatoms. The molecule has 0 aromatic heterocycles. The number of nitrogens with one attached hydrogen (secondary N) is 3. The summed E-state index contributed by atoms with van der Waals surface area (Å²) in [6.45, 7) is 13.3. The Hall–Kier alpha value is -2.60. The van der Waals surface area contributed by atoms with E-state index in [0.717, 1.165) is 72.8 Å². The van der Waals surface area contributed by atoms with Gasteiger partial charge < -0.3 is 15.4 Å². The fourth-order valence-electron chi connectivity index (χ4n) is 4.17. The van der Waals surface area contributed by atoms with E-state index in [-0.39, 0.29) is 11.7 Å². The molecule has 5 rings (SSSR count). The highest BCUT2D eigenvalue weighted by Crippen LogP contribution is 2.28. The normalized spacial score (nSPS) is 16.0. The van der Waals surface area contributed by atoms with E-state index in [9.17, 15) is 4.39 Å². The molecule has 7 nitrogen and oxygen atoms in total. The van der Waals surface area contributed by atoms with Crippen molar-refractivity contribution in [3.8, 4) is 0 Å². The van der Waals surface area contributed by atoms with Crippen LogP contribution in [0, 0.1) is 5.82 Å². The molecule has 45 heavy (non-hydrogen) atoms. The lowest BCUT2D eigenvalue weighted by atomic mass is 9.91. The van der Waals surface area contributed by atoms with Crippen molar-refractivity contribution in [2.24, 2.45) is 10.1 Å². The Kier molecular flexibility index (Phi) is 20.3. The van der Waals surface area contributed by atoms with Crippen molar-refractivity contribution in [2.45, 2.75) is 31.6 Å². The van der Waals surface area contributed by atoms with Crippen LogP contribution in [-0.4, -0.2) is 87.0 Å². The Morgan fingerprint density at radius 3 is 2.29 bits per heavy atom. The topological polar surface area (TPSA) is 67.3 Å². The number of aliphatic imine (C=N–C) groups is 1. The minimum Gasteiger partial charge on any atom is -0.320 e. The zero-order chi connectivity index (χ0) is 32.7. The molecule has 0 radical (unpaired) electrons. The Morgan fingerprint density at radius 2 is 1.67 bits per heavy atom. The first-order valence-corrected chi connectivity index (χ1v) is 17.6. The van der Waals surface area contributed by atoms with Gasteiger partial charge in [-0.05, 0) is 73.1 Å². The fourth-order valence-corrected chi connectivity index (χ4v) is 5.72. The third kappa shape index (κ3) is 15.5. The molecule has 2 aliphatic heterocycles. The Balaban J connectivity index is 0.000000267. The summed E-state index contributed by atoms with van der Waals surface area (Å²) in [5.74, 6) is 1.06. The maximum atomic E-state index is 13.0. The van der Waals surface area contributed by atoms with Crippen LogP contribution in [-0.2, 0) is 0 Å². The summed E-state index contributed by atoms with van der Waals surface area (Å²) in [4.78, 5) is 5.46. The van der Waals surface area contributed by atoms with Crippen LogP contribution in [0.25, 0.3) is 0 Å². The number of hydrogen-bond donors (Lipinski definition) is 3. The van der Waals surface area contributed by atoms with Gasteiger partial charge in [0, 0.05) is 61.4 Å². The van der Waals surface area contributed by atoms with Gasteiger partial charge in [-0.25, -0.2) is 8.70 Å². The highest BCUT2D eigenvalue weighted by molar-refractivity contribution is 7.98. The predicted octanol–water partition coefficient (Wildman–Crippen LogP) is 7.03. The zero-order valence-electron chi connectivity index (χ0n) is 27.2. The zero-order valence-corrected chi connectivity index (χ0v) is 29.6. The van der Waals surface area contributed by atoms with Crippen LogP contribution in [0.1, 0.15) is 37.8 Å². The number of nitrogens with zero attached hydrogens (tertiary/aromatic N) is 4. The number of piperazine rings is 1. The molecule has 3 N–H and O–H groups in total. The minimum atomic E-state index is -0.216. The first kappa shape index (κ1) is 38.6. The summed E-state index contributed by atoms with van der Waals surface area (Å²) in [6.07, 6.45) is 1.76. The molecule has 3 aromatic carbocycles. The summed E-state index contributed by atoms with van der Waals surface area (Å²) >= 11 is 9.24. The highest BCUT2D eigenvalue weighted by Gasteiger charge is 2.27. The molecule has 0 spiro atoms. The Morgan fingerprint density at radius 1 is 1.02 bits per heavy atom. The monoisotopic (exact) mass is 673 g/mol. The van der Waals surface area contributed by atoms with E-state index in [1.54, 1.807) is 18.5 Å². The van der Waals surface area contributed by atoms with Gasteiger partial charge in [0.05, 0.1) is 18.6 Å². The quantitative estimate of drug-likeness (QED) is 0.0925. The summed E-state index contributed by atoms with van der Waals surface area (Å²) in [7, 11) is 3.90. The predicted molar refractivity (Wildman–Crippen MR) is 196 cm³/mol. The molecule has 246 valence electrons. The van der Waals surface area contributed by atoms with Crippen LogP contribution in [0.4, 0.5) is 4.39 Å². The molecule has 0 amide bonds. The summed E-state index contributed by atoms with van der Waals surface area (Å²) < 4.78 is 18.5. The lowest BCUT2D eigenvalue weighted by Crippen LogP contribution is -2.40. The van der Waals surface area contributed by atoms with Gasteiger partial charge in [-0.15, -0.1) is 0 Å². The standard InChI is InChI=1S/C16H15FN2.C13H19ClN4S2.C3H9N.C2H6/c1-19-11-15(12-5-3-2-4-6-12)16(18-19)13-7-9-14(17)10-8-13;14-12-1-3-13(4-2-12)20-17-11-16-7-10-19-18-8-5-15-6-9-18;1-3-4-2;1-2/h2-10,15H,11H2,1H3;1-4,11,15H,5-10H2,(H,16,17);4H,3H2,1-2H3;1-2H3. The molecule has 0 aliphatic carbocycles. The van der Waals surface area contributed by atoms with E-state index in [4.69, 9.17) is 11.6 Å². The molecule has 2 aliphatic rings. The SMILES string of the molecule is CC.CCNC.CN1CC(c2ccccc2)C(c2ccc(F)cc2)=N1.Clc1ccc(SNC=NCCSN2CCNCC2)cc1. The fraction of sp³-hybridized carbons (Fsp3) is 0.412. The maximum Gasteiger partial charge on any atom is 0.123 e. The van der Waals surface area contributed by atoms with Crippen LogP contribution >= 0.6 is 35.5 Å². The number of halogens is 2. The van der Waals surface area contributed by atoms with Crippen molar-refractivity contribution < 1.29 is 4.39 Å². The average Bonchev–Trinajstić information content (AvgIpc) is 3.49. The minimum absolute atomic E-state index is 0.216. The highest BCUT2D eigenvalue weighted by atomic mass is 35.5. The summed E-state index contributed by atoms with van der Waals surface area (Å²) in [5.41, 5.74) is 3.24. The van der Waals surface area contributed by atoms with Gasteiger partial charge in [-0.1, -0.05) is 86.8 Å². The molecule has 0 saturated carbocycles. The summed E-state index contributed by atoms with van der Waals surface area (Å²) in [6, 6.07) is 24.6. The van der Waals surface area contributed by atoms with Crippen LogP contribution in [0.3, 0.4) is 0 Å². The smallest absolute Gasteiger partial charge is 0.123 e. The second-order valence-electron chi connectivity index (χ2n) is 9.72. The van der Waals surface area contributed by atoms with Crippen LogP contribution < -0.4 is 15.4 Å². The molecule has 1 saturated heterocycles.